The van der Waals surface area contributed by atoms with Gasteiger partial charge in [-0.05, 0) is 26.0 Å². The fourth-order valence-electron chi connectivity index (χ4n) is 2.09. The quantitative estimate of drug-likeness (QED) is 0.777. The first-order valence-corrected chi connectivity index (χ1v) is 8.63. The Kier molecular flexibility index (Phi) is 3.91. The van der Waals surface area contributed by atoms with Gasteiger partial charge in [0.25, 0.3) is 10.0 Å². The van der Waals surface area contributed by atoms with Crippen LogP contribution in [-0.4, -0.2) is 28.0 Å². The lowest BCUT2D eigenvalue weighted by molar-refractivity contribution is 0.601. The van der Waals surface area contributed by atoms with Crippen LogP contribution in [0, 0.1) is 6.92 Å². The Labute approximate surface area is 134 Å². The molecule has 3 rings (SSSR count). The third-order valence-corrected chi connectivity index (χ3v) is 4.71. The summed E-state index contributed by atoms with van der Waals surface area (Å²) >= 11 is 0. The zero-order chi connectivity index (χ0) is 16.4. The maximum Gasteiger partial charge on any atom is 0.265 e. The van der Waals surface area contributed by atoms with Crippen LogP contribution in [0.1, 0.15) is 12.5 Å². The Hall–Kier alpha value is -2.61. The summed E-state index contributed by atoms with van der Waals surface area (Å²) in [7, 11) is -3.69. The molecular formula is C15H17N5O2S. The van der Waals surface area contributed by atoms with Crippen molar-refractivity contribution in [3.05, 3.63) is 54.6 Å². The maximum atomic E-state index is 12.4. The van der Waals surface area contributed by atoms with E-state index in [4.69, 9.17) is 0 Å². The highest BCUT2D eigenvalue weighted by Crippen LogP contribution is 2.17. The lowest BCUT2D eigenvalue weighted by Gasteiger charge is -2.03. The van der Waals surface area contributed by atoms with E-state index in [0.29, 0.717) is 12.2 Å². The SMILES string of the molecule is CCn1cc(NS(=O)(=O)c2cnn(-c3ccc(C)cc3)c2)cn1. The second-order valence-corrected chi connectivity index (χ2v) is 6.83. The van der Waals surface area contributed by atoms with Crippen LogP contribution in [0.4, 0.5) is 5.69 Å². The summed E-state index contributed by atoms with van der Waals surface area (Å²) in [5, 5.41) is 8.16. The fraction of sp³-hybridized carbons (Fsp3) is 0.200. The Morgan fingerprint density at radius 2 is 1.83 bits per heavy atom. The summed E-state index contributed by atoms with van der Waals surface area (Å²) in [6.45, 7) is 4.59. The lowest BCUT2D eigenvalue weighted by Crippen LogP contribution is -2.11. The molecule has 0 radical (unpaired) electrons. The number of aryl methyl sites for hydroxylation is 2. The van der Waals surface area contributed by atoms with E-state index in [1.165, 1.54) is 23.3 Å². The molecule has 0 aliphatic rings. The molecule has 0 aliphatic heterocycles. The molecule has 2 heterocycles. The maximum absolute atomic E-state index is 12.4. The first-order chi connectivity index (χ1) is 11.0. The average molecular weight is 331 g/mol. The van der Waals surface area contributed by atoms with Crippen LogP contribution in [0.15, 0.2) is 53.9 Å². The molecule has 0 atom stereocenters. The van der Waals surface area contributed by atoms with Crippen molar-refractivity contribution in [2.75, 3.05) is 4.72 Å². The molecule has 2 aromatic heterocycles. The number of hydrogen-bond donors (Lipinski definition) is 1. The molecule has 1 aromatic carbocycles. The van der Waals surface area contributed by atoms with Gasteiger partial charge in [-0.3, -0.25) is 9.40 Å². The molecule has 7 nitrogen and oxygen atoms in total. The van der Waals surface area contributed by atoms with Crippen molar-refractivity contribution in [2.24, 2.45) is 0 Å². The number of benzene rings is 1. The molecule has 3 aromatic rings. The monoisotopic (exact) mass is 331 g/mol. The molecule has 0 saturated carbocycles. The molecule has 120 valence electrons. The predicted octanol–water partition coefficient (Wildman–Crippen LogP) is 2.20. The van der Waals surface area contributed by atoms with Gasteiger partial charge < -0.3 is 0 Å². The number of sulfonamides is 1. The topological polar surface area (TPSA) is 81.8 Å². The van der Waals surface area contributed by atoms with E-state index in [2.05, 4.69) is 14.9 Å². The molecule has 8 heteroatoms. The van der Waals surface area contributed by atoms with Gasteiger partial charge >= 0.3 is 0 Å². The van der Waals surface area contributed by atoms with Crippen LogP contribution in [0.25, 0.3) is 5.69 Å². The summed E-state index contributed by atoms with van der Waals surface area (Å²) in [6.07, 6.45) is 5.93. The van der Waals surface area contributed by atoms with Crippen molar-refractivity contribution in [2.45, 2.75) is 25.3 Å². The van der Waals surface area contributed by atoms with Gasteiger partial charge in [-0.2, -0.15) is 10.2 Å². The molecule has 0 aliphatic carbocycles. The minimum Gasteiger partial charge on any atom is -0.276 e. The second-order valence-electron chi connectivity index (χ2n) is 5.15. The summed E-state index contributed by atoms with van der Waals surface area (Å²) in [5.74, 6) is 0. The van der Waals surface area contributed by atoms with E-state index < -0.39 is 10.0 Å². The highest BCUT2D eigenvalue weighted by molar-refractivity contribution is 7.92. The van der Waals surface area contributed by atoms with Gasteiger partial charge in [0.15, 0.2) is 0 Å². The van der Waals surface area contributed by atoms with Crippen LogP contribution in [-0.2, 0) is 16.6 Å². The summed E-state index contributed by atoms with van der Waals surface area (Å²) < 4.78 is 30.5. The number of nitrogens with zero attached hydrogens (tertiary/aromatic N) is 4. The number of anilines is 1. The third kappa shape index (κ3) is 3.26. The van der Waals surface area contributed by atoms with Crippen molar-refractivity contribution in [3.63, 3.8) is 0 Å². The molecule has 0 amide bonds. The van der Waals surface area contributed by atoms with Gasteiger partial charge in [-0.1, -0.05) is 17.7 Å². The zero-order valence-corrected chi connectivity index (χ0v) is 13.7. The Bertz CT molecular complexity index is 910. The third-order valence-electron chi connectivity index (χ3n) is 3.38. The molecule has 0 saturated heterocycles. The van der Waals surface area contributed by atoms with Crippen molar-refractivity contribution >= 4 is 15.7 Å². The Balaban J connectivity index is 1.84. The van der Waals surface area contributed by atoms with E-state index in [1.54, 1.807) is 10.9 Å². The molecule has 0 unspecified atom stereocenters. The smallest absolute Gasteiger partial charge is 0.265 e. The summed E-state index contributed by atoms with van der Waals surface area (Å²) in [5.41, 5.74) is 2.36. The standard InChI is InChI=1S/C15H17N5O2S/c1-3-19-10-13(8-16-19)18-23(21,22)15-9-17-20(11-15)14-6-4-12(2)5-7-14/h4-11,18H,3H2,1-2H3. The van der Waals surface area contributed by atoms with E-state index in [0.717, 1.165) is 11.3 Å². The Morgan fingerprint density at radius 1 is 1.09 bits per heavy atom. The van der Waals surface area contributed by atoms with Gasteiger partial charge in [-0.15, -0.1) is 0 Å². The highest BCUT2D eigenvalue weighted by atomic mass is 32.2. The van der Waals surface area contributed by atoms with Crippen LogP contribution in [0.3, 0.4) is 0 Å². The van der Waals surface area contributed by atoms with Gasteiger partial charge in [0.05, 0.1) is 30.0 Å². The predicted molar refractivity (Wildman–Crippen MR) is 87.0 cm³/mol. The van der Waals surface area contributed by atoms with Crippen LogP contribution >= 0.6 is 0 Å². The molecule has 1 N–H and O–H groups in total. The van der Waals surface area contributed by atoms with E-state index in [-0.39, 0.29) is 4.90 Å². The number of nitrogens with one attached hydrogen (secondary N) is 1. The van der Waals surface area contributed by atoms with Gasteiger partial charge in [0.1, 0.15) is 4.90 Å². The largest absolute Gasteiger partial charge is 0.276 e. The van der Waals surface area contributed by atoms with Crippen molar-refractivity contribution < 1.29 is 8.42 Å². The minimum absolute atomic E-state index is 0.0994. The first-order valence-electron chi connectivity index (χ1n) is 7.15. The van der Waals surface area contributed by atoms with E-state index >= 15 is 0 Å². The number of hydrogen-bond acceptors (Lipinski definition) is 4. The highest BCUT2D eigenvalue weighted by Gasteiger charge is 2.18. The van der Waals surface area contributed by atoms with Gasteiger partial charge in [-0.25, -0.2) is 13.1 Å². The van der Waals surface area contributed by atoms with Gasteiger partial charge in [0.2, 0.25) is 0 Å². The zero-order valence-electron chi connectivity index (χ0n) is 12.8. The normalized spacial score (nSPS) is 11.6. The number of rotatable bonds is 5. The summed E-state index contributed by atoms with van der Waals surface area (Å²) in [6, 6.07) is 7.67. The van der Waals surface area contributed by atoms with Crippen LogP contribution in [0.5, 0.6) is 0 Å². The summed E-state index contributed by atoms with van der Waals surface area (Å²) in [4.78, 5) is 0.0994. The molecule has 0 spiro atoms. The van der Waals surface area contributed by atoms with E-state index in [1.807, 2.05) is 38.1 Å². The Morgan fingerprint density at radius 3 is 2.48 bits per heavy atom. The molecule has 23 heavy (non-hydrogen) atoms. The average Bonchev–Trinajstić information content (AvgIpc) is 3.17. The minimum atomic E-state index is -3.69. The lowest BCUT2D eigenvalue weighted by atomic mass is 10.2. The molecule has 0 bridgehead atoms. The first kappa shape index (κ1) is 15.3. The van der Waals surface area contributed by atoms with Crippen LogP contribution < -0.4 is 4.72 Å². The van der Waals surface area contributed by atoms with Crippen molar-refractivity contribution in [1.29, 1.82) is 0 Å². The van der Waals surface area contributed by atoms with Crippen molar-refractivity contribution in [1.82, 2.24) is 19.6 Å². The number of aromatic nitrogens is 4. The molecule has 0 fully saturated rings. The second kappa shape index (κ2) is 5.88. The van der Waals surface area contributed by atoms with Crippen LogP contribution in [0.2, 0.25) is 0 Å². The van der Waals surface area contributed by atoms with E-state index in [9.17, 15) is 8.42 Å². The molecular weight excluding hydrogens is 314 g/mol. The van der Waals surface area contributed by atoms with Crippen molar-refractivity contribution in [3.8, 4) is 5.69 Å². The van der Waals surface area contributed by atoms with Gasteiger partial charge in [0, 0.05) is 12.7 Å². The fourth-order valence-corrected chi connectivity index (χ4v) is 3.05.